The number of hydrogen-bond acceptors (Lipinski definition) is 7. The van der Waals surface area contributed by atoms with Crippen LogP contribution >= 0.6 is 0 Å². The summed E-state index contributed by atoms with van der Waals surface area (Å²) in [6.07, 6.45) is 7.27. The topological polar surface area (TPSA) is 97.9 Å². The molecule has 0 radical (unpaired) electrons. The molecule has 0 aromatic heterocycles. The van der Waals surface area contributed by atoms with Gasteiger partial charge in [0.15, 0.2) is 0 Å². The van der Waals surface area contributed by atoms with Crippen molar-refractivity contribution in [3.63, 3.8) is 0 Å². The molecule has 5 N–H and O–H groups in total. The second-order valence-corrected chi connectivity index (χ2v) is 9.16. The van der Waals surface area contributed by atoms with Crippen molar-refractivity contribution in [3.8, 4) is 0 Å². The van der Waals surface area contributed by atoms with Crippen molar-refractivity contribution in [2.24, 2.45) is 23.7 Å². The normalized spacial score (nSPS) is 44.0. The van der Waals surface area contributed by atoms with Gasteiger partial charge in [-0.2, -0.15) is 5.48 Å². The second-order valence-electron chi connectivity index (χ2n) is 9.16. The van der Waals surface area contributed by atoms with Crippen LogP contribution < -0.4 is 21.5 Å². The third kappa shape index (κ3) is 4.22. The summed E-state index contributed by atoms with van der Waals surface area (Å²) < 4.78 is 0. The van der Waals surface area contributed by atoms with E-state index in [0.29, 0.717) is 36.9 Å². The summed E-state index contributed by atoms with van der Waals surface area (Å²) in [6, 6.07) is 0.437. The molecule has 8 heteroatoms. The number of amides is 1. The number of hydrazine groups is 1. The molecule has 4 fully saturated rings. The monoisotopic (exact) mass is 395 g/mol. The summed E-state index contributed by atoms with van der Waals surface area (Å²) in [5.74, 6) is 2.06. The van der Waals surface area contributed by atoms with Gasteiger partial charge in [-0.1, -0.05) is 6.92 Å². The third-order valence-corrected chi connectivity index (χ3v) is 7.43. The van der Waals surface area contributed by atoms with Gasteiger partial charge in [0, 0.05) is 25.2 Å². The highest BCUT2D eigenvalue weighted by Crippen LogP contribution is 2.45. The standard InChI is InChI=1S/C20H37N5O3/c1-3-18-22-19(24-28-18)14-4-6-15-13(10-14)5-7-17(15)21-20(27)16-11-25(8-9-26)23-12(16)2/h12-19,22-24,26H,3-11H2,1-2H3,(H,21,27)/t12?,13?,14?,15?,16?,17-,18?,19?/m1/s1. The van der Waals surface area contributed by atoms with E-state index in [9.17, 15) is 4.79 Å². The molecule has 0 aromatic rings. The van der Waals surface area contributed by atoms with E-state index >= 15 is 0 Å². The minimum atomic E-state index is -0.0445. The molecule has 0 bridgehead atoms. The number of rotatable bonds is 6. The summed E-state index contributed by atoms with van der Waals surface area (Å²) in [7, 11) is 0. The van der Waals surface area contributed by atoms with Crippen molar-refractivity contribution >= 4 is 5.91 Å². The first-order chi connectivity index (χ1) is 13.6. The molecule has 2 aliphatic heterocycles. The lowest BCUT2D eigenvalue weighted by molar-refractivity contribution is -0.126. The van der Waals surface area contributed by atoms with Crippen LogP contribution in [-0.2, 0) is 9.63 Å². The minimum Gasteiger partial charge on any atom is -0.395 e. The Labute approximate surface area is 168 Å². The fourth-order valence-electron chi connectivity index (χ4n) is 5.83. The lowest BCUT2D eigenvalue weighted by Gasteiger charge is -2.37. The van der Waals surface area contributed by atoms with Gasteiger partial charge in [-0.15, -0.1) is 0 Å². The molecule has 0 spiro atoms. The zero-order valence-corrected chi connectivity index (χ0v) is 17.2. The minimum absolute atomic E-state index is 0.0445. The summed E-state index contributed by atoms with van der Waals surface area (Å²) >= 11 is 0. The van der Waals surface area contributed by atoms with Gasteiger partial charge in [0.25, 0.3) is 0 Å². The van der Waals surface area contributed by atoms with Crippen LogP contribution in [-0.4, -0.2) is 60.2 Å². The van der Waals surface area contributed by atoms with Gasteiger partial charge in [0.1, 0.15) is 6.23 Å². The number of aliphatic hydroxyl groups is 1. The first-order valence-corrected chi connectivity index (χ1v) is 11.2. The van der Waals surface area contributed by atoms with Crippen LogP contribution in [0.5, 0.6) is 0 Å². The molecular formula is C20H37N5O3. The Balaban J connectivity index is 1.27. The molecule has 2 saturated carbocycles. The quantitative estimate of drug-likeness (QED) is 0.441. The van der Waals surface area contributed by atoms with Crippen LogP contribution in [0.1, 0.15) is 52.4 Å². The average Bonchev–Trinajstić information content (AvgIpc) is 3.40. The zero-order valence-electron chi connectivity index (χ0n) is 17.2. The van der Waals surface area contributed by atoms with Crippen molar-refractivity contribution < 1.29 is 14.7 Å². The van der Waals surface area contributed by atoms with Crippen LogP contribution in [0.2, 0.25) is 0 Å². The van der Waals surface area contributed by atoms with Crippen LogP contribution in [0, 0.1) is 23.7 Å². The maximum atomic E-state index is 12.9. The molecular weight excluding hydrogens is 358 g/mol. The van der Waals surface area contributed by atoms with Gasteiger partial charge in [0.2, 0.25) is 5.91 Å². The molecule has 28 heavy (non-hydrogen) atoms. The molecule has 0 aromatic carbocycles. The Morgan fingerprint density at radius 1 is 1.25 bits per heavy atom. The summed E-state index contributed by atoms with van der Waals surface area (Å²) in [5.41, 5.74) is 6.50. The number of carbonyl (C=O) groups excluding carboxylic acids is 1. The molecule has 8 nitrogen and oxygen atoms in total. The largest absolute Gasteiger partial charge is 0.395 e. The fourth-order valence-corrected chi connectivity index (χ4v) is 5.83. The number of nitrogens with zero attached hydrogens (tertiary/aromatic N) is 1. The molecule has 4 rings (SSSR count). The van der Waals surface area contributed by atoms with Crippen LogP contribution in [0.3, 0.4) is 0 Å². The van der Waals surface area contributed by atoms with E-state index in [0.717, 1.165) is 12.8 Å². The lowest BCUT2D eigenvalue weighted by Crippen LogP contribution is -2.47. The smallest absolute Gasteiger partial charge is 0.226 e. The molecule has 160 valence electrons. The maximum absolute atomic E-state index is 12.9. The van der Waals surface area contributed by atoms with Gasteiger partial charge < -0.3 is 10.4 Å². The second kappa shape index (κ2) is 8.93. The van der Waals surface area contributed by atoms with E-state index < -0.39 is 0 Å². The summed E-state index contributed by atoms with van der Waals surface area (Å²) in [5, 5.41) is 18.0. The number of β-amino-alcohol motifs (C(OH)–C–C–N with tert-alkyl or cyclic N) is 1. The Bertz CT molecular complexity index is 550. The highest BCUT2D eigenvalue weighted by Gasteiger charge is 2.45. The van der Waals surface area contributed by atoms with Crippen molar-refractivity contribution in [2.75, 3.05) is 19.7 Å². The van der Waals surface area contributed by atoms with Crippen molar-refractivity contribution in [1.29, 1.82) is 0 Å². The number of hydrogen-bond donors (Lipinski definition) is 5. The van der Waals surface area contributed by atoms with Gasteiger partial charge in [0.05, 0.1) is 18.7 Å². The highest BCUT2D eigenvalue weighted by atomic mass is 16.7. The predicted molar refractivity (Wildman–Crippen MR) is 105 cm³/mol. The molecule has 1 amide bonds. The van der Waals surface area contributed by atoms with Crippen molar-refractivity contribution in [1.82, 2.24) is 26.5 Å². The van der Waals surface area contributed by atoms with E-state index in [1.807, 2.05) is 5.01 Å². The van der Waals surface area contributed by atoms with E-state index in [1.165, 1.54) is 25.7 Å². The van der Waals surface area contributed by atoms with Crippen molar-refractivity contribution in [3.05, 3.63) is 0 Å². The fraction of sp³-hybridized carbons (Fsp3) is 0.950. The number of hydroxylamine groups is 1. The Kier molecular flexibility index (Phi) is 6.54. The Hall–Kier alpha value is -0.770. The van der Waals surface area contributed by atoms with E-state index in [4.69, 9.17) is 9.94 Å². The Morgan fingerprint density at radius 3 is 2.82 bits per heavy atom. The first-order valence-electron chi connectivity index (χ1n) is 11.2. The van der Waals surface area contributed by atoms with Crippen LogP contribution in [0.25, 0.3) is 0 Å². The molecule has 2 heterocycles. The summed E-state index contributed by atoms with van der Waals surface area (Å²) in [4.78, 5) is 18.5. The van der Waals surface area contributed by atoms with Crippen LogP contribution in [0.4, 0.5) is 0 Å². The number of fused-ring (bicyclic) bond motifs is 1. The van der Waals surface area contributed by atoms with Crippen LogP contribution in [0.15, 0.2) is 0 Å². The van der Waals surface area contributed by atoms with Gasteiger partial charge >= 0.3 is 0 Å². The maximum Gasteiger partial charge on any atom is 0.226 e. The average molecular weight is 396 g/mol. The first kappa shape index (κ1) is 20.5. The predicted octanol–water partition coefficient (Wildman–Crippen LogP) is 0.301. The molecule has 2 aliphatic carbocycles. The van der Waals surface area contributed by atoms with E-state index in [2.05, 4.69) is 35.4 Å². The number of nitrogens with one attached hydrogen (secondary N) is 4. The van der Waals surface area contributed by atoms with Gasteiger partial charge in [-0.05, 0) is 63.2 Å². The molecule has 7 unspecified atom stereocenters. The van der Waals surface area contributed by atoms with Crippen molar-refractivity contribution in [2.45, 2.75) is 76.8 Å². The zero-order chi connectivity index (χ0) is 19.7. The van der Waals surface area contributed by atoms with E-state index in [-0.39, 0.29) is 36.9 Å². The molecule has 4 aliphatic rings. The number of aliphatic hydroxyl groups excluding tert-OH is 1. The Morgan fingerprint density at radius 2 is 2.07 bits per heavy atom. The highest BCUT2D eigenvalue weighted by molar-refractivity contribution is 5.80. The number of carbonyl (C=O) groups is 1. The summed E-state index contributed by atoms with van der Waals surface area (Å²) in [6.45, 7) is 5.53. The van der Waals surface area contributed by atoms with E-state index in [1.54, 1.807) is 0 Å². The van der Waals surface area contributed by atoms with Gasteiger partial charge in [-0.3, -0.25) is 20.4 Å². The lowest BCUT2D eigenvalue weighted by atomic mass is 9.73. The van der Waals surface area contributed by atoms with Gasteiger partial charge in [-0.25, -0.2) is 5.01 Å². The third-order valence-electron chi connectivity index (χ3n) is 7.43. The molecule has 2 saturated heterocycles. The molecule has 8 atom stereocenters. The SMILES string of the molecule is CCC1NC(C2CCC3C(CC[C@H]3NC(=O)C3CN(CCO)NC3C)C2)NO1.